The number of nitrogens with one attached hydrogen (secondary N) is 1. The highest BCUT2D eigenvalue weighted by Crippen LogP contribution is 2.26. The van der Waals surface area contributed by atoms with Crippen LogP contribution in [-0.2, 0) is 30.6 Å². The minimum atomic E-state index is 0.119. The highest BCUT2D eigenvalue weighted by atomic mass is 16.1. The van der Waals surface area contributed by atoms with Crippen molar-refractivity contribution in [3.8, 4) is 0 Å². The predicted molar refractivity (Wildman–Crippen MR) is 105 cm³/mol. The molecule has 0 aromatic heterocycles. The van der Waals surface area contributed by atoms with Crippen LogP contribution in [0.1, 0.15) is 34.2 Å². The summed E-state index contributed by atoms with van der Waals surface area (Å²) in [6, 6.07) is 15.7. The van der Waals surface area contributed by atoms with Gasteiger partial charge in [-0.25, -0.2) is 0 Å². The van der Waals surface area contributed by atoms with E-state index >= 15 is 0 Å². The number of carbonyl (C=O) groups excluding carboxylic acids is 1. The van der Waals surface area contributed by atoms with Gasteiger partial charge in [-0.3, -0.25) is 9.69 Å². The Hall–Kier alpha value is -2.13. The van der Waals surface area contributed by atoms with Gasteiger partial charge in [0.25, 0.3) is 0 Å². The zero-order valence-corrected chi connectivity index (χ0v) is 15.8. The van der Waals surface area contributed by atoms with Crippen LogP contribution in [0, 0.1) is 12.8 Å². The van der Waals surface area contributed by atoms with Crippen LogP contribution in [-0.4, -0.2) is 30.4 Å². The maximum atomic E-state index is 12.7. The maximum Gasteiger partial charge on any atom is 0.223 e. The van der Waals surface area contributed by atoms with Crippen molar-refractivity contribution in [2.45, 2.75) is 45.2 Å². The lowest BCUT2D eigenvalue weighted by atomic mass is 9.83. The zero-order chi connectivity index (χ0) is 18.1. The van der Waals surface area contributed by atoms with E-state index < -0.39 is 0 Å². The highest BCUT2D eigenvalue weighted by Gasteiger charge is 2.27. The summed E-state index contributed by atoms with van der Waals surface area (Å²) in [5, 5.41) is 3.25. The lowest BCUT2D eigenvalue weighted by Gasteiger charge is -2.35. The second-order valence-electron chi connectivity index (χ2n) is 8.00. The molecule has 2 atom stereocenters. The quantitative estimate of drug-likeness (QED) is 0.923. The van der Waals surface area contributed by atoms with E-state index in [-0.39, 0.29) is 11.8 Å². The number of rotatable bonds is 3. The van der Waals surface area contributed by atoms with Crippen LogP contribution in [0.2, 0.25) is 0 Å². The summed E-state index contributed by atoms with van der Waals surface area (Å²) in [6.45, 7) is 3.85. The molecule has 2 aliphatic rings. The van der Waals surface area contributed by atoms with Crippen LogP contribution < -0.4 is 5.32 Å². The van der Waals surface area contributed by atoms with Gasteiger partial charge in [0.15, 0.2) is 0 Å². The van der Waals surface area contributed by atoms with Crippen LogP contribution in [0.3, 0.4) is 0 Å². The third-order valence-electron chi connectivity index (χ3n) is 6.09. The van der Waals surface area contributed by atoms with Crippen LogP contribution in [0.4, 0.5) is 0 Å². The lowest BCUT2D eigenvalue weighted by molar-refractivity contribution is -0.125. The van der Waals surface area contributed by atoms with Gasteiger partial charge in [-0.1, -0.05) is 48.0 Å². The molecule has 0 unspecified atom stereocenters. The first kappa shape index (κ1) is 17.3. The molecule has 0 radical (unpaired) electrons. The topological polar surface area (TPSA) is 32.3 Å². The van der Waals surface area contributed by atoms with E-state index in [1.54, 1.807) is 0 Å². The van der Waals surface area contributed by atoms with Crippen LogP contribution >= 0.6 is 0 Å². The Labute approximate surface area is 156 Å². The molecule has 2 aromatic carbocycles. The second kappa shape index (κ2) is 7.24. The van der Waals surface area contributed by atoms with Crippen molar-refractivity contribution < 1.29 is 4.79 Å². The van der Waals surface area contributed by atoms with Crippen molar-refractivity contribution in [2.75, 3.05) is 13.6 Å². The Morgan fingerprint density at radius 2 is 1.88 bits per heavy atom. The summed E-state index contributed by atoms with van der Waals surface area (Å²) < 4.78 is 0. The zero-order valence-electron chi connectivity index (χ0n) is 15.8. The molecule has 3 nitrogen and oxygen atoms in total. The standard InChI is InChI=1S/C23H28N2O/c1-16-7-8-20-15-25(2)22(13-21(20)11-16)14-24-23(26)19-10-9-17-5-3-4-6-18(17)12-19/h3-8,11,19,22H,9-10,12-15H2,1-2H3,(H,24,26)/t19-,22-/m1/s1. The summed E-state index contributed by atoms with van der Waals surface area (Å²) in [5.41, 5.74) is 6.93. The fourth-order valence-electron chi connectivity index (χ4n) is 4.42. The first-order valence-electron chi connectivity index (χ1n) is 9.73. The van der Waals surface area contributed by atoms with E-state index in [2.05, 4.69) is 66.7 Å². The van der Waals surface area contributed by atoms with E-state index in [1.165, 1.54) is 27.8 Å². The maximum absolute atomic E-state index is 12.7. The van der Waals surface area contributed by atoms with Crippen molar-refractivity contribution in [3.63, 3.8) is 0 Å². The van der Waals surface area contributed by atoms with Crippen molar-refractivity contribution in [1.29, 1.82) is 0 Å². The number of nitrogens with zero attached hydrogens (tertiary/aromatic N) is 1. The molecule has 26 heavy (non-hydrogen) atoms. The Kier molecular flexibility index (Phi) is 4.82. The molecular formula is C23H28N2O. The summed E-state index contributed by atoms with van der Waals surface area (Å²) >= 11 is 0. The number of likely N-dealkylation sites (N-methyl/N-ethyl adjacent to an activating group) is 1. The van der Waals surface area contributed by atoms with Gasteiger partial charge in [0.05, 0.1) is 0 Å². The van der Waals surface area contributed by atoms with Gasteiger partial charge in [0.2, 0.25) is 5.91 Å². The molecule has 1 heterocycles. The van der Waals surface area contributed by atoms with Crippen molar-refractivity contribution in [2.24, 2.45) is 5.92 Å². The summed E-state index contributed by atoms with van der Waals surface area (Å²) in [6.07, 6.45) is 3.88. The Morgan fingerprint density at radius 3 is 2.73 bits per heavy atom. The van der Waals surface area contributed by atoms with Crippen molar-refractivity contribution >= 4 is 5.91 Å². The van der Waals surface area contributed by atoms with Crippen LogP contribution in [0.15, 0.2) is 42.5 Å². The van der Waals surface area contributed by atoms with E-state index in [4.69, 9.17) is 0 Å². The van der Waals surface area contributed by atoms with Crippen LogP contribution in [0.5, 0.6) is 0 Å². The number of hydrogen-bond donors (Lipinski definition) is 1. The number of hydrogen-bond acceptors (Lipinski definition) is 2. The summed E-state index contributed by atoms with van der Waals surface area (Å²) in [4.78, 5) is 15.1. The average Bonchev–Trinajstić information content (AvgIpc) is 2.66. The first-order chi connectivity index (χ1) is 12.6. The molecular weight excluding hydrogens is 320 g/mol. The molecule has 2 aromatic rings. The molecule has 1 N–H and O–H groups in total. The summed E-state index contributed by atoms with van der Waals surface area (Å²) in [5.74, 6) is 0.344. The molecule has 3 heteroatoms. The number of benzene rings is 2. The van der Waals surface area contributed by atoms with E-state index in [9.17, 15) is 4.79 Å². The second-order valence-corrected chi connectivity index (χ2v) is 8.00. The van der Waals surface area contributed by atoms with Crippen molar-refractivity contribution in [1.82, 2.24) is 10.2 Å². The summed E-state index contributed by atoms with van der Waals surface area (Å²) in [7, 11) is 2.16. The number of carbonyl (C=O) groups is 1. The lowest BCUT2D eigenvalue weighted by Crippen LogP contribution is -2.47. The van der Waals surface area contributed by atoms with E-state index in [0.717, 1.165) is 38.8 Å². The fraction of sp³-hybridized carbons (Fsp3) is 0.435. The highest BCUT2D eigenvalue weighted by molar-refractivity contribution is 5.79. The number of fused-ring (bicyclic) bond motifs is 2. The molecule has 1 amide bonds. The SMILES string of the molecule is Cc1ccc2c(c1)C[C@H](CNC(=O)[C@@H]1CCc3ccccc3C1)N(C)C2. The van der Waals surface area contributed by atoms with Gasteiger partial charge in [0, 0.05) is 25.0 Å². The minimum Gasteiger partial charge on any atom is -0.354 e. The normalized spacial score (nSPS) is 22.4. The van der Waals surface area contributed by atoms with Crippen LogP contribution in [0.25, 0.3) is 0 Å². The number of aryl methyl sites for hydroxylation is 2. The predicted octanol–water partition coefficient (Wildman–Crippen LogP) is 3.27. The van der Waals surface area contributed by atoms with Gasteiger partial charge in [-0.05, 0) is 61.9 Å². The van der Waals surface area contributed by atoms with Gasteiger partial charge < -0.3 is 5.32 Å². The van der Waals surface area contributed by atoms with Gasteiger partial charge in [-0.15, -0.1) is 0 Å². The Bertz CT molecular complexity index is 814. The molecule has 0 fully saturated rings. The molecule has 1 aliphatic heterocycles. The minimum absolute atomic E-state index is 0.119. The Balaban J connectivity index is 1.36. The first-order valence-corrected chi connectivity index (χ1v) is 9.73. The molecule has 136 valence electrons. The average molecular weight is 348 g/mol. The van der Waals surface area contributed by atoms with E-state index in [0.29, 0.717) is 6.04 Å². The molecule has 0 spiro atoms. The largest absolute Gasteiger partial charge is 0.354 e. The van der Waals surface area contributed by atoms with E-state index in [1.807, 2.05) is 0 Å². The molecule has 0 bridgehead atoms. The smallest absolute Gasteiger partial charge is 0.223 e. The van der Waals surface area contributed by atoms with Gasteiger partial charge in [-0.2, -0.15) is 0 Å². The monoisotopic (exact) mass is 348 g/mol. The molecule has 4 rings (SSSR count). The third kappa shape index (κ3) is 3.54. The Morgan fingerprint density at radius 1 is 1.08 bits per heavy atom. The molecule has 0 saturated heterocycles. The fourth-order valence-corrected chi connectivity index (χ4v) is 4.42. The van der Waals surface area contributed by atoms with Gasteiger partial charge >= 0.3 is 0 Å². The molecule has 1 aliphatic carbocycles. The van der Waals surface area contributed by atoms with Gasteiger partial charge in [0.1, 0.15) is 0 Å². The third-order valence-corrected chi connectivity index (χ3v) is 6.09. The molecule has 0 saturated carbocycles. The number of amides is 1. The van der Waals surface area contributed by atoms with Crippen molar-refractivity contribution in [3.05, 3.63) is 70.3 Å².